The van der Waals surface area contributed by atoms with Crippen LogP contribution >= 0.6 is 0 Å². The Bertz CT molecular complexity index is 424. The summed E-state index contributed by atoms with van der Waals surface area (Å²) in [7, 11) is 0. The highest BCUT2D eigenvalue weighted by Gasteiger charge is 2.29. The van der Waals surface area contributed by atoms with Crippen molar-refractivity contribution in [2.75, 3.05) is 6.54 Å². The van der Waals surface area contributed by atoms with Crippen LogP contribution in [0.3, 0.4) is 0 Å². The van der Waals surface area contributed by atoms with Crippen LogP contribution in [0.4, 0.5) is 0 Å². The maximum atomic E-state index is 12.0. The average Bonchev–Trinajstić information content (AvgIpc) is 2.90. The van der Waals surface area contributed by atoms with Gasteiger partial charge in [0.1, 0.15) is 0 Å². The van der Waals surface area contributed by atoms with Crippen LogP contribution in [0, 0.1) is 5.41 Å². The highest BCUT2D eigenvalue weighted by molar-refractivity contribution is 5.81. The van der Waals surface area contributed by atoms with Crippen molar-refractivity contribution < 1.29 is 4.79 Å². The standard InChI is InChI=1S/C17H26N2O/c1-17(11-5-6-12-17)13-19-16(20)15(18)10-9-14-7-3-2-4-8-14/h2-4,7-8,15H,5-6,9-13,18H2,1H3,(H,19,20)/t15-/m0/s1. The van der Waals surface area contributed by atoms with Gasteiger partial charge >= 0.3 is 0 Å². The summed E-state index contributed by atoms with van der Waals surface area (Å²) in [5.41, 5.74) is 7.50. The molecule has 0 heterocycles. The molecule has 0 unspecified atom stereocenters. The Morgan fingerprint density at radius 2 is 1.95 bits per heavy atom. The first-order valence-corrected chi connectivity index (χ1v) is 7.66. The predicted molar refractivity (Wildman–Crippen MR) is 82.3 cm³/mol. The molecule has 1 amide bonds. The maximum absolute atomic E-state index is 12.0. The molecule has 2 rings (SSSR count). The van der Waals surface area contributed by atoms with Crippen LogP contribution in [-0.2, 0) is 11.2 Å². The molecule has 1 saturated carbocycles. The van der Waals surface area contributed by atoms with Gasteiger partial charge in [0.05, 0.1) is 6.04 Å². The van der Waals surface area contributed by atoms with Crippen LogP contribution in [0.25, 0.3) is 0 Å². The summed E-state index contributed by atoms with van der Waals surface area (Å²) in [6, 6.07) is 9.77. The molecule has 0 aromatic heterocycles. The fourth-order valence-electron chi connectivity index (χ4n) is 2.93. The van der Waals surface area contributed by atoms with Gasteiger partial charge < -0.3 is 11.1 Å². The van der Waals surface area contributed by atoms with Crippen molar-refractivity contribution in [2.45, 2.75) is 51.5 Å². The molecule has 3 heteroatoms. The van der Waals surface area contributed by atoms with Crippen molar-refractivity contribution >= 4 is 5.91 Å². The van der Waals surface area contributed by atoms with Gasteiger partial charge in [-0.05, 0) is 36.7 Å². The van der Waals surface area contributed by atoms with Crippen LogP contribution in [0.1, 0.15) is 44.6 Å². The fraction of sp³-hybridized carbons (Fsp3) is 0.588. The van der Waals surface area contributed by atoms with Crippen LogP contribution in [0.5, 0.6) is 0 Å². The van der Waals surface area contributed by atoms with Crippen molar-refractivity contribution in [3.8, 4) is 0 Å². The molecule has 3 N–H and O–H groups in total. The van der Waals surface area contributed by atoms with Crippen molar-refractivity contribution in [3.63, 3.8) is 0 Å². The third-order valence-electron chi connectivity index (χ3n) is 4.42. The van der Waals surface area contributed by atoms with E-state index >= 15 is 0 Å². The molecule has 0 bridgehead atoms. The zero-order valence-electron chi connectivity index (χ0n) is 12.4. The van der Waals surface area contributed by atoms with E-state index in [0.717, 1.165) is 13.0 Å². The van der Waals surface area contributed by atoms with E-state index in [2.05, 4.69) is 24.4 Å². The Balaban J connectivity index is 1.72. The lowest BCUT2D eigenvalue weighted by Gasteiger charge is -2.24. The van der Waals surface area contributed by atoms with Gasteiger partial charge in [-0.2, -0.15) is 0 Å². The molecule has 0 aliphatic heterocycles. The SMILES string of the molecule is CC1(CNC(=O)[C@@H](N)CCc2ccccc2)CCCC1. The highest BCUT2D eigenvalue weighted by atomic mass is 16.2. The number of hydrogen-bond acceptors (Lipinski definition) is 2. The number of nitrogens with one attached hydrogen (secondary N) is 1. The average molecular weight is 274 g/mol. The Kier molecular flexibility index (Phi) is 5.18. The molecule has 0 saturated heterocycles. The second-order valence-electron chi connectivity index (χ2n) is 6.37. The molecule has 1 aliphatic carbocycles. The predicted octanol–water partition coefficient (Wildman–Crippen LogP) is 2.64. The van der Waals surface area contributed by atoms with Gasteiger partial charge in [-0.3, -0.25) is 4.79 Å². The number of carbonyl (C=O) groups is 1. The molecule has 1 atom stereocenters. The normalized spacial score (nSPS) is 18.7. The fourth-order valence-corrected chi connectivity index (χ4v) is 2.93. The zero-order chi connectivity index (χ0) is 14.4. The molecule has 1 aromatic rings. The highest BCUT2D eigenvalue weighted by Crippen LogP contribution is 2.36. The van der Waals surface area contributed by atoms with Crippen molar-refractivity contribution in [2.24, 2.45) is 11.1 Å². The molecule has 3 nitrogen and oxygen atoms in total. The number of rotatable bonds is 6. The number of amides is 1. The Hall–Kier alpha value is -1.35. The lowest BCUT2D eigenvalue weighted by atomic mass is 9.89. The molecule has 0 radical (unpaired) electrons. The zero-order valence-corrected chi connectivity index (χ0v) is 12.4. The summed E-state index contributed by atoms with van der Waals surface area (Å²) in [6.45, 7) is 3.03. The number of aryl methyl sites for hydroxylation is 1. The minimum absolute atomic E-state index is 0.00550. The molecule has 1 aromatic carbocycles. The van der Waals surface area contributed by atoms with Crippen molar-refractivity contribution in [3.05, 3.63) is 35.9 Å². The largest absolute Gasteiger partial charge is 0.354 e. The Morgan fingerprint density at radius 3 is 2.60 bits per heavy atom. The van der Waals surface area contributed by atoms with E-state index in [9.17, 15) is 4.79 Å². The van der Waals surface area contributed by atoms with E-state index in [1.807, 2.05) is 18.2 Å². The Morgan fingerprint density at radius 1 is 1.30 bits per heavy atom. The van der Waals surface area contributed by atoms with Crippen LogP contribution in [-0.4, -0.2) is 18.5 Å². The summed E-state index contributed by atoms with van der Waals surface area (Å²) in [6.07, 6.45) is 6.55. The smallest absolute Gasteiger partial charge is 0.236 e. The second-order valence-corrected chi connectivity index (χ2v) is 6.37. The summed E-state index contributed by atoms with van der Waals surface area (Å²) in [5.74, 6) is -0.00550. The minimum Gasteiger partial charge on any atom is -0.354 e. The molecule has 20 heavy (non-hydrogen) atoms. The third-order valence-corrected chi connectivity index (χ3v) is 4.42. The summed E-state index contributed by atoms with van der Waals surface area (Å²) >= 11 is 0. The lowest BCUT2D eigenvalue weighted by molar-refractivity contribution is -0.122. The molecule has 0 spiro atoms. The van der Waals surface area contributed by atoms with E-state index in [1.165, 1.54) is 31.2 Å². The van der Waals surface area contributed by atoms with Gasteiger partial charge in [0.15, 0.2) is 0 Å². The number of benzene rings is 1. The quantitative estimate of drug-likeness (QED) is 0.838. The first-order valence-electron chi connectivity index (χ1n) is 7.66. The molecular formula is C17H26N2O. The van der Waals surface area contributed by atoms with Crippen molar-refractivity contribution in [1.29, 1.82) is 0 Å². The van der Waals surface area contributed by atoms with Crippen LogP contribution < -0.4 is 11.1 Å². The monoisotopic (exact) mass is 274 g/mol. The van der Waals surface area contributed by atoms with Gasteiger partial charge in [-0.15, -0.1) is 0 Å². The minimum atomic E-state index is -0.403. The van der Waals surface area contributed by atoms with Gasteiger partial charge in [0.25, 0.3) is 0 Å². The topological polar surface area (TPSA) is 55.1 Å². The van der Waals surface area contributed by atoms with E-state index in [0.29, 0.717) is 6.42 Å². The van der Waals surface area contributed by atoms with E-state index in [1.54, 1.807) is 0 Å². The van der Waals surface area contributed by atoms with Crippen molar-refractivity contribution in [1.82, 2.24) is 5.32 Å². The van der Waals surface area contributed by atoms with Gasteiger partial charge in [-0.25, -0.2) is 0 Å². The first-order chi connectivity index (χ1) is 9.59. The van der Waals surface area contributed by atoms with Gasteiger partial charge in [-0.1, -0.05) is 50.1 Å². The second kappa shape index (κ2) is 6.89. The number of nitrogens with two attached hydrogens (primary N) is 1. The van der Waals surface area contributed by atoms with Crippen LogP contribution in [0.15, 0.2) is 30.3 Å². The van der Waals surface area contributed by atoms with Gasteiger partial charge in [0.2, 0.25) is 5.91 Å². The third kappa shape index (κ3) is 4.34. The molecule has 110 valence electrons. The lowest BCUT2D eigenvalue weighted by Crippen LogP contribution is -2.44. The van der Waals surface area contributed by atoms with E-state index in [4.69, 9.17) is 5.73 Å². The van der Waals surface area contributed by atoms with Gasteiger partial charge in [0, 0.05) is 6.54 Å². The van der Waals surface area contributed by atoms with E-state index < -0.39 is 6.04 Å². The maximum Gasteiger partial charge on any atom is 0.236 e. The summed E-state index contributed by atoms with van der Waals surface area (Å²) in [4.78, 5) is 12.0. The summed E-state index contributed by atoms with van der Waals surface area (Å²) < 4.78 is 0. The van der Waals surface area contributed by atoms with E-state index in [-0.39, 0.29) is 11.3 Å². The number of hydrogen-bond donors (Lipinski definition) is 2. The molecular weight excluding hydrogens is 248 g/mol. The molecule has 1 fully saturated rings. The number of carbonyl (C=O) groups excluding carboxylic acids is 1. The van der Waals surface area contributed by atoms with Crippen LogP contribution in [0.2, 0.25) is 0 Å². The first kappa shape index (κ1) is 15.0. The molecule has 1 aliphatic rings. The summed E-state index contributed by atoms with van der Waals surface area (Å²) in [5, 5.41) is 3.04. The Labute approximate surface area is 121 Å².